The van der Waals surface area contributed by atoms with Gasteiger partial charge in [-0.1, -0.05) is 76.9 Å². The van der Waals surface area contributed by atoms with Crippen molar-refractivity contribution < 1.29 is 33.4 Å². The smallest absolute Gasteiger partial charge is 0.239 e. The maximum Gasteiger partial charge on any atom is 0.239 e. The predicted molar refractivity (Wildman–Crippen MR) is 228 cm³/mol. The van der Waals surface area contributed by atoms with Gasteiger partial charge in [0.05, 0.1) is 49.2 Å². The molecule has 1 aromatic carbocycles. The van der Waals surface area contributed by atoms with E-state index in [4.69, 9.17) is 20.9 Å². The van der Waals surface area contributed by atoms with E-state index in [0.29, 0.717) is 13.0 Å². The highest BCUT2D eigenvalue weighted by Gasteiger charge is 2.42. The van der Waals surface area contributed by atoms with E-state index in [1.165, 1.54) is 12.7 Å². The van der Waals surface area contributed by atoms with Gasteiger partial charge in [-0.3, -0.25) is 28.9 Å². The van der Waals surface area contributed by atoms with E-state index >= 15 is 0 Å². The van der Waals surface area contributed by atoms with E-state index in [9.17, 15) is 24.0 Å². The van der Waals surface area contributed by atoms with Gasteiger partial charge in [-0.25, -0.2) is 0 Å². The zero-order valence-corrected chi connectivity index (χ0v) is 37.9. The molecule has 8 atom stereocenters. The first-order chi connectivity index (χ1) is 26.4. The van der Waals surface area contributed by atoms with Crippen LogP contribution in [0.4, 0.5) is 0 Å². The summed E-state index contributed by atoms with van der Waals surface area (Å²) in [4.78, 5) is 67.7. The molecule has 57 heavy (non-hydrogen) atoms. The van der Waals surface area contributed by atoms with Gasteiger partial charge in [0.15, 0.2) is 0 Å². The predicted octanol–water partition coefficient (Wildman–Crippen LogP) is 3.73. The minimum Gasteiger partial charge on any atom is -0.379 e. The Morgan fingerprint density at radius 3 is 1.91 bits per heavy atom. The molecule has 0 saturated carbocycles. The van der Waals surface area contributed by atoms with Crippen molar-refractivity contribution in [1.29, 1.82) is 0 Å². The van der Waals surface area contributed by atoms with Crippen LogP contribution in [0.3, 0.4) is 0 Å². The summed E-state index contributed by atoms with van der Waals surface area (Å²) in [5.41, 5.74) is 12.0. The molecule has 6 N–H and O–H groups in total. The molecule has 328 valence electrons. The molecule has 8 unspecified atom stereocenters. The molecule has 1 fully saturated rings. The molecular formula is C43H79N7O7. The zero-order valence-electron chi connectivity index (χ0n) is 37.9. The number of likely N-dealkylation sites (tertiary alicyclic amines) is 1. The Kier molecular flexibility index (Phi) is 24.8. The van der Waals surface area contributed by atoms with Crippen LogP contribution >= 0.6 is 0 Å². The number of nitrogens with two attached hydrogens (primary N) is 2. The van der Waals surface area contributed by atoms with Gasteiger partial charge >= 0.3 is 0 Å². The first-order valence-electron chi connectivity index (χ1n) is 20.4. The quantitative estimate of drug-likeness (QED) is 0.171. The van der Waals surface area contributed by atoms with Gasteiger partial charge in [0.1, 0.15) is 0 Å². The summed E-state index contributed by atoms with van der Waals surface area (Å²) in [6, 6.07) is 9.27. The summed E-state index contributed by atoms with van der Waals surface area (Å²) in [6.07, 6.45) is 1.57. The Morgan fingerprint density at radius 1 is 0.947 bits per heavy atom. The van der Waals surface area contributed by atoms with Crippen LogP contribution in [-0.2, 0) is 33.4 Å². The molecule has 0 aliphatic carbocycles. The zero-order chi connectivity index (χ0) is 44.2. The van der Waals surface area contributed by atoms with E-state index < -0.39 is 23.7 Å². The Balaban J connectivity index is 0.00000150. The van der Waals surface area contributed by atoms with Gasteiger partial charge in [-0.05, 0) is 73.4 Å². The maximum absolute atomic E-state index is 13.7. The summed E-state index contributed by atoms with van der Waals surface area (Å²) in [5.74, 6) is -1.22. The first-order valence-corrected chi connectivity index (χ1v) is 20.4. The molecule has 1 aliphatic heterocycles. The van der Waals surface area contributed by atoms with Crippen LogP contribution in [0.2, 0.25) is 0 Å². The number of methoxy groups -OCH3 is 2. The topological polar surface area (TPSA) is 190 Å². The summed E-state index contributed by atoms with van der Waals surface area (Å²) >= 11 is 0. The number of carbonyl (C=O) groups excluding carboxylic acids is 5. The lowest BCUT2D eigenvalue weighted by molar-refractivity contribution is -0.146. The molecule has 1 aliphatic rings. The summed E-state index contributed by atoms with van der Waals surface area (Å²) in [7, 11) is 8.57. The van der Waals surface area contributed by atoms with Gasteiger partial charge in [0.25, 0.3) is 0 Å². The summed E-state index contributed by atoms with van der Waals surface area (Å²) < 4.78 is 11.6. The standard InChI is InChI=1S/C29H55N5O6.C7H16N2O.C7H8/c1-11-18(2)26(33(8)24(36)15-19(3)30)22(39-9)16-25(37)34-14-12-13-21(34)27(40-10)20(4)28(38)31-17-23(35)32-29(5,6)7;1-5(2)6(7(8)10)9(3)4;1-7-5-3-2-4-6-7/h18-22,26-27H,11-17,30H2,1-10H3,(H,31,38)(H,32,35);5-6H,1-4H3,(H2,8,10);2-6H,1H3. The second kappa shape index (κ2) is 26.4. The number of nitrogens with one attached hydrogen (secondary N) is 2. The number of carbonyl (C=O) groups is 5. The Hall–Kier alpha value is -3.59. The molecule has 5 amide bonds. The molecule has 1 saturated heterocycles. The van der Waals surface area contributed by atoms with Crippen LogP contribution in [-0.4, -0.2) is 135 Å². The van der Waals surface area contributed by atoms with Crippen molar-refractivity contribution >= 4 is 29.5 Å². The normalized spacial score (nSPS) is 17.7. The highest BCUT2D eigenvalue weighted by molar-refractivity contribution is 5.86. The number of primary amides is 1. The number of hydrogen-bond donors (Lipinski definition) is 4. The molecular weight excluding hydrogens is 727 g/mol. The fraction of sp³-hybridized carbons (Fsp3) is 0.744. The number of amides is 5. The minimum atomic E-state index is -0.584. The van der Waals surface area contributed by atoms with E-state index in [-0.39, 0.29) is 84.9 Å². The lowest BCUT2D eigenvalue weighted by atomic mass is 9.90. The van der Waals surface area contributed by atoms with Gasteiger partial charge in [-0.15, -0.1) is 0 Å². The third-order valence-electron chi connectivity index (χ3n) is 10.2. The van der Waals surface area contributed by atoms with Crippen molar-refractivity contribution in [3.8, 4) is 0 Å². The number of likely N-dealkylation sites (N-methyl/N-ethyl adjacent to an activating group) is 2. The second-order valence-electron chi connectivity index (χ2n) is 17.1. The lowest BCUT2D eigenvalue weighted by Gasteiger charge is -2.39. The average Bonchev–Trinajstić information content (AvgIpc) is 3.59. The van der Waals surface area contributed by atoms with Crippen molar-refractivity contribution in [3.05, 3.63) is 35.9 Å². The molecule has 0 bridgehead atoms. The van der Waals surface area contributed by atoms with Crippen molar-refractivity contribution in [2.24, 2.45) is 29.2 Å². The van der Waals surface area contributed by atoms with E-state index in [1.807, 2.05) is 71.8 Å². The molecule has 1 heterocycles. The third kappa shape index (κ3) is 19.6. The van der Waals surface area contributed by atoms with Crippen LogP contribution in [0.25, 0.3) is 0 Å². The number of rotatable bonds is 18. The van der Waals surface area contributed by atoms with Crippen LogP contribution in [0.1, 0.15) is 100.0 Å². The minimum absolute atomic E-state index is 0.0793. The van der Waals surface area contributed by atoms with Crippen molar-refractivity contribution in [2.45, 2.75) is 143 Å². The molecule has 14 heteroatoms. The molecule has 1 aromatic rings. The highest BCUT2D eigenvalue weighted by atomic mass is 16.5. The first kappa shape index (κ1) is 53.4. The Morgan fingerprint density at radius 2 is 1.53 bits per heavy atom. The fourth-order valence-corrected chi connectivity index (χ4v) is 7.25. The summed E-state index contributed by atoms with van der Waals surface area (Å²) in [6.45, 7) is 19.7. The van der Waals surface area contributed by atoms with E-state index in [1.54, 1.807) is 37.8 Å². The van der Waals surface area contributed by atoms with E-state index in [2.05, 4.69) is 43.5 Å². The van der Waals surface area contributed by atoms with Crippen LogP contribution < -0.4 is 22.1 Å². The Labute approximate surface area is 344 Å². The number of benzene rings is 1. The van der Waals surface area contributed by atoms with Crippen molar-refractivity contribution in [1.82, 2.24) is 25.3 Å². The Bertz CT molecular complexity index is 1340. The van der Waals surface area contributed by atoms with Gasteiger partial charge in [0, 0.05) is 45.8 Å². The average molecular weight is 806 g/mol. The van der Waals surface area contributed by atoms with Gasteiger partial charge in [-0.2, -0.15) is 0 Å². The fourth-order valence-electron chi connectivity index (χ4n) is 7.25. The van der Waals surface area contributed by atoms with Crippen LogP contribution in [0.15, 0.2) is 30.3 Å². The maximum atomic E-state index is 13.7. The summed E-state index contributed by atoms with van der Waals surface area (Å²) in [5, 5.41) is 5.52. The molecule has 0 aromatic heterocycles. The largest absolute Gasteiger partial charge is 0.379 e. The second-order valence-corrected chi connectivity index (χ2v) is 17.1. The number of ether oxygens (including phenoxy) is 2. The van der Waals surface area contributed by atoms with Gasteiger partial charge in [0.2, 0.25) is 29.5 Å². The number of aryl methyl sites for hydroxylation is 1. The molecule has 2 rings (SSSR count). The lowest BCUT2D eigenvalue weighted by Crippen LogP contribution is -2.54. The molecule has 0 radical (unpaired) electrons. The van der Waals surface area contributed by atoms with Crippen LogP contribution in [0.5, 0.6) is 0 Å². The third-order valence-corrected chi connectivity index (χ3v) is 10.2. The van der Waals surface area contributed by atoms with Crippen LogP contribution in [0, 0.1) is 24.7 Å². The van der Waals surface area contributed by atoms with Crippen molar-refractivity contribution in [2.75, 3.05) is 48.5 Å². The molecule has 14 nitrogen and oxygen atoms in total. The van der Waals surface area contributed by atoms with Gasteiger partial charge < -0.3 is 41.4 Å². The monoisotopic (exact) mass is 806 g/mol. The van der Waals surface area contributed by atoms with Crippen molar-refractivity contribution in [3.63, 3.8) is 0 Å². The van der Waals surface area contributed by atoms with E-state index in [0.717, 1.165) is 12.8 Å². The number of hydrogen-bond acceptors (Lipinski definition) is 9. The highest BCUT2D eigenvalue weighted by Crippen LogP contribution is 2.29. The number of nitrogens with zero attached hydrogens (tertiary/aromatic N) is 3. The SMILES string of the molecule is CC(C)C(C(N)=O)N(C)C.CCC(C)C(C(CC(=O)N1CCCC1C(OC)C(C)C(=O)NCC(=O)NC(C)(C)C)OC)N(C)C(=O)CC(C)N.Cc1ccccc1. The molecule has 0 spiro atoms.